The van der Waals surface area contributed by atoms with Crippen LogP contribution < -0.4 is 0 Å². The van der Waals surface area contributed by atoms with Crippen molar-refractivity contribution in [3.8, 4) is 0 Å². The molecule has 2 heterocycles. The van der Waals surface area contributed by atoms with Crippen molar-refractivity contribution in [3.05, 3.63) is 45.1 Å². The maximum absolute atomic E-state index is 4.78. The smallest absolute Gasteiger partial charge is 0.138 e. The van der Waals surface area contributed by atoms with Gasteiger partial charge in [0.15, 0.2) is 0 Å². The molecule has 0 radical (unpaired) electrons. The average Bonchev–Trinajstić information content (AvgIpc) is 2.71. The summed E-state index contributed by atoms with van der Waals surface area (Å²) in [4.78, 5) is 4.78. The Morgan fingerprint density at radius 2 is 1.67 bits per heavy atom. The van der Waals surface area contributed by atoms with Crippen LogP contribution in [0.15, 0.2) is 22.7 Å². The molecule has 0 aliphatic rings. The van der Waals surface area contributed by atoms with Crippen molar-refractivity contribution in [2.24, 2.45) is 0 Å². The van der Waals surface area contributed by atoms with Crippen molar-refractivity contribution in [3.63, 3.8) is 0 Å². The number of nitrogens with zero attached hydrogens (tertiary/aromatic N) is 2. The summed E-state index contributed by atoms with van der Waals surface area (Å²) in [5.74, 6) is 0. The summed E-state index contributed by atoms with van der Waals surface area (Å²) >= 11 is 3.67. The molecule has 3 heteroatoms. The number of benzene rings is 1. The van der Waals surface area contributed by atoms with E-state index < -0.39 is 0 Å². The molecule has 2 nitrogen and oxygen atoms in total. The fraction of sp³-hybridized carbons (Fsp3) is 0.267. The average molecular weight is 303 g/mol. The highest BCUT2D eigenvalue weighted by atomic mass is 79.9. The number of pyridine rings is 1. The van der Waals surface area contributed by atoms with Crippen molar-refractivity contribution in [1.29, 1.82) is 0 Å². The van der Waals surface area contributed by atoms with E-state index >= 15 is 0 Å². The standard InChI is InChI=1S/C15H15BrN2/c1-8-5-6-9(2)15-14(8)17-12-7-10(3)13(16)11(4)18(12)15/h5-7H,1-4H3. The zero-order valence-corrected chi connectivity index (χ0v) is 12.6. The third-order valence-electron chi connectivity index (χ3n) is 3.58. The van der Waals surface area contributed by atoms with Crippen molar-refractivity contribution >= 4 is 32.6 Å². The Labute approximate surface area is 115 Å². The Morgan fingerprint density at radius 3 is 2.39 bits per heavy atom. The first-order chi connectivity index (χ1) is 8.50. The second-order valence-corrected chi connectivity index (χ2v) is 5.72. The topological polar surface area (TPSA) is 17.3 Å². The van der Waals surface area contributed by atoms with Gasteiger partial charge in [0.1, 0.15) is 5.65 Å². The van der Waals surface area contributed by atoms with E-state index in [0.29, 0.717) is 0 Å². The number of hydrogen-bond acceptors (Lipinski definition) is 1. The highest BCUT2D eigenvalue weighted by Gasteiger charge is 2.13. The number of rotatable bonds is 0. The number of hydrogen-bond donors (Lipinski definition) is 0. The second kappa shape index (κ2) is 3.82. The molecule has 0 atom stereocenters. The molecule has 0 saturated heterocycles. The maximum Gasteiger partial charge on any atom is 0.138 e. The highest BCUT2D eigenvalue weighted by Crippen LogP contribution is 2.29. The summed E-state index contributed by atoms with van der Waals surface area (Å²) in [5.41, 5.74) is 8.29. The Balaban J connectivity index is 2.66. The van der Waals surface area contributed by atoms with Crippen LogP contribution in [0.3, 0.4) is 0 Å². The van der Waals surface area contributed by atoms with Gasteiger partial charge in [-0.05, 0) is 66.4 Å². The number of imidazole rings is 1. The molecule has 0 fully saturated rings. The van der Waals surface area contributed by atoms with E-state index in [4.69, 9.17) is 4.98 Å². The summed E-state index contributed by atoms with van der Waals surface area (Å²) in [6.45, 7) is 8.50. The van der Waals surface area contributed by atoms with Gasteiger partial charge in [-0.25, -0.2) is 4.98 Å². The summed E-state index contributed by atoms with van der Waals surface area (Å²) in [6, 6.07) is 6.44. The van der Waals surface area contributed by atoms with Crippen LogP contribution in [0.1, 0.15) is 22.4 Å². The van der Waals surface area contributed by atoms with E-state index in [0.717, 1.165) is 15.6 Å². The number of fused-ring (bicyclic) bond motifs is 3. The molecule has 0 amide bonds. The zero-order valence-electron chi connectivity index (χ0n) is 11.0. The molecule has 0 saturated carbocycles. The zero-order chi connectivity index (χ0) is 13.0. The molecule has 3 aromatic rings. The molecule has 0 aliphatic heterocycles. The minimum atomic E-state index is 1.03. The van der Waals surface area contributed by atoms with Gasteiger partial charge in [0.25, 0.3) is 0 Å². The van der Waals surface area contributed by atoms with Crippen LogP contribution in [0.2, 0.25) is 0 Å². The van der Waals surface area contributed by atoms with Crippen LogP contribution in [0, 0.1) is 27.7 Å². The molecule has 18 heavy (non-hydrogen) atoms. The number of aryl methyl sites for hydroxylation is 4. The van der Waals surface area contributed by atoms with Crippen molar-refractivity contribution in [2.75, 3.05) is 0 Å². The largest absolute Gasteiger partial charge is 0.295 e. The fourth-order valence-corrected chi connectivity index (χ4v) is 2.85. The minimum Gasteiger partial charge on any atom is -0.295 e. The van der Waals surface area contributed by atoms with Crippen molar-refractivity contribution in [1.82, 2.24) is 9.38 Å². The van der Waals surface area contributed by atoms with Crippen LogP contribution in [-0.4, -0.2) is 9.38 Å². The van der Waals surface area contributed by atoms with Crippen LogP contribution in [-0.2, 0) is 0 Å². The van der Waals surface area contributed by atoms with Gasteiger partial charge in [-0.3, -0.25) is 4.40 Å². The van der Waals surface area contributed by atoms with Gasteiger partial charge in [0, 0.05) is 10.2 Å². The Hall–Kier alpha value is -1.35. The molecule has 0 N–H and O–H groups in total. The van der Waals surface area contributed by atoms with Crippen molar-refractivity contribution in [2.45, 2.75) is 27.7 Å². The lowest BCUT2D eigenvalue weighted by Crippen LogP contribution is -1.96. The second-order valence-electron chi connectivity index (χ2n) is 4.93. The summed E-state index contributed by atoms with van der Waals surface area (Å²) in [5, 5.41) is 0. The molecule has 0 aliphatic carbocycles. The monoisotopic (exact) mass is 302 g/mol. The first-order valence-electron chi connectivity index (χ1n) is 6.05. The molecule has 92 valence electrons. The summed E-state index contributed by atoms with van der Waals surface area (Å²) in [6.07, 6.45) is 0. The molecule has 3 rings (SSSR count). The van der Waals surface area contributed by atoms with Gasteiger partial charge in [-0.15, -0.1) is 0 Å². The van der Waals surface area contributed by atoms with E-state index in [2.05, 4.69) is 66.2 Å². The quantitative estimate of drug-likeness (QED) is 0.598. The van der Waals surface area contributed by atoms with Gasteiger partial charge in [0.2, 0.25) is 0 Å². The van der Waals surface area contributed by atoms with Gasteiger partial charge >= 0.3 is 0 Å². The highest BCUT2D eigenvalue weighted by molar-refractivity contribution is 9.10. The first kappa shape index (κ1) is 11.7. The molecular formula is C15H15BrN2. The summed E-state index contributed by atoms with van der Waals surface area (Å²) < 4.78 is 3.41. The number of aromatic nitrogens is 2. The van der Waals surface area contributed by atoms with Crippen LogP contribution in [0.4, 0.5) is 0 Å². The van der Waals surface area contributed by atoms with Crippen LogP contribution >= 0.6 is 15.9 Å². The Morgan fingerprint density at radius 1 is 1.00 bits per heavy atom. The number of halogens is 1. The lowest BCUT2D eigenvalue weighted by atomic mass is 10.1. The van der Waals surface area contributed by atoms with Gasteiger partial charge in [-0.1, -0.05) is 12.1 Å². The predicted octanol–water partition coefficient (Wildman–Crippen LogP) is 4.48. The Bertz CT molecular complexity index is 784. The fourth-order valence-electron chi connectivity index (χ4n) is 2.56. The lowest BCUT2D eigenvalue weighted by molar-refractivity contribution is 1.09. The van der Waals surface area contributed by atoms with E-state index in [1.165, 1.54) is 27.9 Å². The van der Waals surface area contributed by atoms with Gasteiger partial charge < -0.3 is 0 Å². The first-order valence-corrected chi connectivity index (χ1v) is 6.84. The Kier molecular flexibility index (Phi) is 2.49. The van der Waals surface area contributed by atoms with Crippen LogP contribution in [0.25, 0.3) is 16.7 Å². The molecular weight excluding hydrogens is 288 g/mol. The molecule has 0 unspecified atom stereocenters. The van der Waals surface area contributed by atoms with Gasteiger partial charge in [0.05, 0.1) is 11.0 Å². The molecule has 1 aromatic carbocycles. The predicted molar refractivity (Wildman–Crippen MR) is 79.3 cm³/mol. The third-order valence-corrected chi connectivity index (χ3v) is 4.78. The minimum absolute atomic E-state index is 1.03. The van der Waals surface area contributed by atoms with E-state index in [1.54, 1.807) is 0 Å². The van der Waals surface area contributed by atoms with Crippen LogP contribution in [0.5, 0.6) is 0 Å². The van der Waals surface area contributed by atoms with E-state index in [9.17, 15) is 0 Å². The molecule has 2 aromatic heterocycles. The lowest BCUT2D eigenvalue weighted by Gasteiger charge is -2.08. The SMILES string of the molecule is Cc1cc2nc3c(C)ccc(C)c3n2c(C)c1Br. The molecule has 0 bridgehead atoms. The normalized spacial score (nSPS) is 11.6. The van der Waals surface area contributed by atoms with Gasteiger partial charge in [-0.2, -0.15) is 0 Å². The van der Waals surface area contributed by atoms with E-state index in [1.807, 2.05) is 0 Å². The van der Waals surface area contributed by atoms with E-state index in [-0.39, 0.29) is 0 Å². The summed E-state index contributed by atoms with van der Waals surface area (Å²) in [7, 11) is 0. The molecule has 0 spiro atoms. The maximum atomic E-state index is 4.78. The van der Waals surface area contributed by atoms with Crippen molar-refractivity contribution < 1.29 is 0 Å². The third kappa shape index (κ3) is 1.43.